The lowest BCUT2D eigenvalue weighted by molar-refractivity contribution is 0.0963. The van der Waals surface area contributed by atoms with Gasteiger partial charge >= 0.3 is 0 Å². The molecule has 0 saturated carbocycles. The van der Waals surface area contributed by atoms with Crippen LogP contribution in [0.1, 0.15) is 10.4 Å². The van der Waals surface area contributed by atoms with Gasteiger partial charge in [-0.3, -0.25) is 4.79 Å². The van der Waals surface area contributed by atoms with Crippen molar-refractivity contribution in [3.8, 4) is 0 Å². The topological polar surface area (TPSA) is 67.2 Å². The van der Waals surface area contributed by atoms with Gasteiger partial charge in [0.15, 0.2) is 0 Å². The number of halogens is 2. The summed E-state index contributed by atoms with van der Waals surface area (Å²) in [4.78, 5) is 11.5. The fourth-order valence-electron chi connectivity index (χ4n) is 1.69. The van der Waals surface area contributed by atoms with E-state index in [1.165, 1.54) is 12.1 Å². The van der Waals surface area contributed by atoms with E-state index in [1.54, 1.807) is 31.3 Å². The SMILES string of the molecule is CNC(=O)c1ccc(Nc2ccc(Cl)c(F)c2)c(N)c1. The first-order valence-corrected chi connectivity index (χ1v) is 6.22. The second-order valence-corrected chi connectivity index (χ2v) is 4.54. The average Bonchev–Trinajstić information content (AvgIpc) is 2.44. The highest BCUT2D eigenvalue weighted by atomic mass is 35.5. The minimum Gasteiger partial charge on any atom is -0.397 e. The number of nitrogens with two attached hydrogens (primary N) is 1. The number of benzene rings is 2. The van der Waals surface area contributed by atoms with Gasteiger partial charge in [-0.25, -0.2) is 4.39 Å². The summed E-state index contributed by atoms with van der Waals surface area (Å²) in [6, 6.07) is 9.20. The zero-order chi connectivity index (χ0) is 14.7. The molecule has 6 heteroatoms. The highest BCUT2D eigenvalue weighted by Gasteiger charge is 2.07. The molecule has 20 heavy (non-hydrogen) atoms. The molecule has 0 radical (unpaired) electrons. The zero-order valence-electron chi connectivity index (χ0n) is 10.7. The molecule has 0 aliphatic carbocycles. The molecule has 0 aliphatic heterocycles. The minimum atomic E-state index is -0.516. The lowest BCUT2D eigenvalue weighted by Gasteiger charge is -2.11. The number of hydrogen-bond donors (Lipinski definition) is 3. The summed E-state index contributed by atoms with van der Waals surface area (Å²) >= 11 is 5.61. The quantitative estimate of drug-likeness (QED) is 0.762. The molecule has 0 unspecified atom stereocenters. The van der Waals surface area contributed by atoms with Crippen LogP contribution in [0.25, 0.3) is 0 Å². The van der Waals surface area contributed by atoms with Crippen molar-refractivity contribution in [1.29, 1.82) is 0 Å². The van der Waals surface area contributed by atoms with Crippen LogP contribution in [0.3, 0.4) is 0 Å². The number of rotatable bonds is 3. The maximum absolute atomic E-state index is 13.3. The Balaban J connectivity index is 2.25. The van der Waals surface area contributed by atoms with E-state index in [0.29, 0.717) is 22.6 Å². The standard InChI is InChI=1S/C14H13ClFN3O/c1-18-14(20)8-2-5-13(12(17)6-8)19-9-3-4-10(15)11(16)7-9/h2-7,19H,17H2,1H3,(H,18,20). The Labute approximate surface area is 120 Å². The van der Waals surface area contributed by atoms with Crippen molar-refractivity contribution in [1.82, 2.24) is 5.32 Å². The van der Waals surface area contributed by atoms with E-state index in [0.717, 1.165) is 0 Å². The Hall–Kier alpha value is -2.27. The van der Waals surface area contributed by atoms with Gasteiger partial charge in [0, 0.05) is 18.3 Å². The van der Waals surface area contributed by atoms with Gasteiger partial charge in [0.1, 0.15) is 5.82 Å². The molecule has 0 heterocycles. The van der Waals surface area contributed by atoms with Crippen molar-refractivity contribution in [3.63, 3.8) is 0 Å². The van der Waals surface area contributed by atoms with Gasteiger partial charge in [-0.05, 0) is 36.4 Å². The predicted molar refractivity (Wildman–Crippen MR) is 78.9 cm³/mol. The second-order valence-electron chi connectivity index (χ2n) is 4.14. The van der Waals surface area contributed by atoms with Crippen LogP contribution >= 0.6 is 11.6 Å². The molecule has 2 rings (SSSR count). The van der Waals surface area contributed by atoms with Crippen molar-refractivity contribution >= 4 is 34.6 Å². The number of hydrogen-bond acceptors (Lipinski definition) is 3. The van der Waals surface area contributed by atoms with Crippen molar-refractivity contribution in [3.05, 3.63) is 52.8 Å². The molecule has 4 N–H and O–H groups in total. The van der Waals surface area contributed by atoms with Crippen molar-refractivity contribution in [2.75, 3.05) is 18.1 Å². The predicted octanol–water partition coefficient (Wildman–Crippen LogP) is 3.16. The summed E-state index contributed by atoms with van der Waals surface area (Å²) < 4.78 is 13.3. The van der Waals surface area contributed by atoms with Crippen LogP contribution in [0.4, 0.5) is 21.5 Å². The van der Waals surface area contributed by atoms with E-state index in [1.807, 2.05) is 0 Å². The minimum absolute atomic E-state index is 0.0542. The highest BCUT2D eigenvalue weighted by Crippen LogP contribution is 2.26. The van der Waals surface area contributed by atoms with Gasteiger partial charge in [-0.15, -0.1) is 0 Å². The maximum atomic E-state index is 13.3. The molecule has 0 aromatic heterocycles. The fourth-order valence-corrected chi connectivity index (χ4v) is 1.81. The summed E-state index contributed by atoms with van der Waals surface area (Å²) in [6.07, 6.45) is 0. The first kappa shape index (κ1) is 14.1. The maximum Gasteiger partial charge on any atom is 0.251 e. The molecular weight excluding hydrogens is 281 g/mol. The van der Waals surface area contributed by atoms with Crippen LogP contribution in [-0.4, -0.2) is 13.0 Å². The van der Waals surface area contributed by atoms with E-state index < -0.39 is 5.82 Å². The normalized spacial score (nSPS) is 10.2. The molecule has 0 bridgehead atoms. The van der Waals surface area contributed by atoms with Gasteiger partial charge in [0.2, 0.25) is 0 Å². The van der Waals surface area contributed by atoms with Crippen molar-refractivity contribution in [2.45, 2.75) is 0 Å². The molecule has 0 spiro atoms. The Morgan fingerprint density at radius 1 is 1.25 bits per heavy atom. The Bertz CT molecular complexity index is 661. The van der Waals surface area contributed by atoms with Gasteiger partial charge in [-0.1, -0.05) is 11.6 Å². The summed E-state index contributed by atoms with van der Waals surface area (Å²) in [5.74, 6) is -0.738. The molecule has 2 aromatic rings. The third-order valence-electron chi connectivity index (χ3n) is 2.74. The van der Waals surface area contributed by atoms with Crippen molar-refractivity contribution < 1.29 is 9.18 Å². The Kier molecular flexibility index (Phi) is 4.10. The van der Waals surface area contributed by atoms with E-state index >= 15 is 0 Å². The molecule has 104 valence electrons. The van der Waals surface area contributed by atoms with Gasteiger partial charge in [0.05, 0.1) is 16.4 Å². The number of carbonyl (C=O) groups excluding carboxylic acids is 1. The smallest absolute Gasteiger partial charge is 0.251 e. The second kappa shape index (κ2) is 5.79. The molecule has 0 aliphatic rings. The molecule has 1 amide bonds. The molecule has 0 atom stereocenters. The fraction of sp³-hybridized carbons (Fsp3) is 0.0714. The number of carbonyl (C=O) groups is 1. The van der Waals surface area contributed by atoms with E-state index in [2.05, 4.69) is 10.6 Å². The number of nitrogens with one attached hydrogen (secondary N) is 2. The third-order valence-corrected chi connectivity index (χ3v) is 3.05. The largest absolute Gasteiger partial charge is 0.397 e. The summed E-state index contributed by atoms with van der Waals surface area (Å²) in [6.45, 7) is 0. The molecule has 4 nitrogen and oxygen atoms in total. The van der Waals surface area contributed by atoms with Crippen LogP contribution in [0.5, 0.6) is 0 Å². The van der Waals surface area contributed by atoms with Crippen LogP contribution in [0.2, 0.25) is 5.02 Å². The van der Waals surface area contributed by atoms with E-state index in [4.69, 9.17) is 17.3 Å². The molecule has 0 saturated heterocycles. The zero-order valence-corrected chi connectivity index (χ0v) is 11.5. The monoisotopic (exact) mass is 293 g/mol. The Morgan fingerprint density at radius 3 is 2.60 bits per heavy atom. The average molecular weight is 294 g/mol. The summed E-state index contributed by atoms with van der Waals surface area (Å²) in [7, 11) is 1.54. The lowest BCUT2D eigenvalue weighted by atomic mass is 10.1. The summed E-state index contributed by atoms with van der Waals surface area (Å²) in [5, 5.41) is 5.54. The van der Waals surface area contributed by atoms with Gasteiger partial charge in [0.25, 0.3) is 5.91 Å². The van der Waals surface area contributed by atoms with Crippen LogP contribution in [-0.2, 0) is 0 Å². The van der Waals surface area contributed by atoms with E-state index in [-0.39, 0.29) is 10.9 Å². The van der Waals surface area contributed by atoms with Crippen LogP contribution < -0.4 is 16.4 Å². The lowest BCUT2D eigenvalue weighted by Crippen LogP contribution is -2.17. The Morgan fingerprint density at radius 2 is 2.00 bits per heavy atom. The van der Waals surface area contributed by atoms with Gasteiger partial charge < -0.3 is 16.4 Å². The highest BCUT2D eigenvalue weighted by molar-refractivity contribution is 6.30. The number of nitrogen functional groups attached to an aromatic ring is 1. The number of anilines is 3. The first-order chi connectivity index (χ1) is 9.51. The molecule has 0 fully saturated rings. The van der Waals surface area contributed by atoms with Crippen molar-refractivity contribution in [2.24, 2.45) is 0 Å². The first-order valence-electron chi connectivity index (χ1n) is 5.85. The number of amides is 1. The van der Waals surface area contributed by atoms with Crippen LogP contribution in [0, 0.1) is 5.82 Å². The van der Waals surface area contributed by atoms with Crippen LogP contribution in [0.15, 0.2) is 36.4 Å². The molecular formula is C14H13ClFN3O. The summed E-state index contributed by atoms with van der Waals surface area (Å²) in [5.41, 5.74) is 7.82. The van der Waals surface area contributed by atoms with E-state index in [9.17, 15) is 9.18 Å². The molecule has 2 aromatic carbocycles. The third kappa shape index (κ3) is 3.00. The van der Waals surface area contributed by atoms with Gasteiger partial charge in [-0.2, -0.15) is 0 Å².